The molecule has 0 radical (unpaired) electrons. The molecule has 1 saturated heterocycles. The molecule has 2 aromatic rings. The topological polar surface area (TPSA) is 46.6 Å². The molecule has 6 heteroatoms. The number of hydrogen-bond donors (Lipinski definition) is 1. The molecule has 5 nitrogen and oxygen atoms in total. The summed E-state index contributed by atoms with van der Waals surface area (Å²) in [4.78, 5) is 6.87. The van der Waals surface area contributed by atoms with Gasteiger partial charge in [-0.1, -0.05) is 6.07 Å². The van der Waals surface area contributed by atoms with Crippen molar-refractivity contribution in [1.29, 1.82) is 0 Å². The minimum absolute atomic E-state index is 0.635. The molecule has 0 amide bonds. The molecular weight excluding hydrogens is 394 g/mol. The number of rotatable bonds is 7. The first-order valence-corrected chi connectivity index (χ1v) is 9.68. The number of aryl methyl sites for hydroxylation is 1. The van der Waals surface area contributed by atoms with Gasteiger partial charge in [-0.25, -0.2) is 4.98 Å². The van der Waals surface area contributed by atoms with Crippen molar-refractivity contribution in [1.82, 2.24) is 9.88 Å². The van der Waals surface area contributed by atoms with E-state index in [0.717, 1.165) is 48.0 Å². The van der Waals surface area contributed by atoms with Crippen molar-refractivity contribution < 1.29 is 9.47 Å². The fourth-order valence-corrected chi connectivity index (χ4v) is 4.01. The second-order valence-corrected chi connectivity index (χ2v) is 7.56. The molecule has 1 atom stereocenters. The van der Waals surface area contributed by atoms with Crippen LogP contribution >= 0.6 is 15.9 Å². The van der Waals surface area contributed by atoms with Gasteiger partial charge in [-0.2, -0.15) is 0 Å². The number of nitrogens with zero attached hydrogens (tertiary/aromatic N) is 2. The number of pyridine rings is 1. The predicted octanol–water partition coefficient (Wildman–Crippen LogP) is 4.10. The highest BCUT2D eigenvalue weighted by atomic mass is 79.9. The van der Waals surface area contributed by atoms with E-state index in [4.69, 9.17) is 9.47 Å². The maximum absolute atomic E-state index is 5.48. The van der Waals surface area contributed by atoms with Gasteiger partial charge in [0.1, 0.15) is 5.82 Å². The van der Waals surface area contributed by atoms with Gasteiger partial charge in [0.2, 0.25) is 0 Å². The van der Waals surface area contributed by atoms with Crippen LogP contribution in [0.15, 0.2) is 34.9 Å². The Labute approximate surface area is 163 Å². The summed E-state index contributed by atoms with van der Waals surface area (Å²) >= 11 is 3.67. The Bertz CT molecular complexity index is 754. The quantitative estimate of drug-likeness (QED) is 0.731. The Hall–Kier alpha value is -1.79. The molecule has 1 aromatic heterocycles. The zero-order valence-electron chi connectivity index (χ0n) is 15.6. The maximum atomic E-state index is 5.48. The lowest BCUT2D eigenvalue weighted by atomic mass is 10.1. The van der Waals surface area contributed by atoms with Gasteiger partial charge in [-0.15, -0.1) is 0 Å². The molecule has 0 saturated carbocycles. The summed E-state index contributed by atoms with van der Waals surface area (Å²) in [6.45, 7) is 6.14. The largest absolute Gasteiger partial charge is 0.493 e. The van der Waals surface area contributed by atoms with Crippen LogP contribution in [0.4, 0.5) is 5.82 Å². The fourth-order valence-electron chi connectivity index (χ4n) is 3.40. The molecule has 26 heavy (non-hydrogen) atoms. The van der Waals surface area contributed by atoms with Crippen molar-refractivity contribution in [3.63, 3.8) is 0 Å². The molecule has 140 valence electrons. The standard InChI is InChI=1S/C20H26BrN3O2/c1-14-6-8-22-18(10-14)23-11-15-7-9-24(12-15)13-16-4-5-17(25-2)20(26-3)19(16)21/h4-6,8,10,15H,7,9,11-13H2,1-3H3,(H,22,23). The van der Waals surface area contributed by atoms with Crippen LogP contribution < -0.4 is 14.8 Å². The number of aromatic nitrogens is 1. The Kier molecular flexibility index (Phi) is 6.38. The van der Waals surface area contributed by atoms with E-state index >= 15 is 0 Å². The Balaban J connectivity index is 1.56. The number of nitrogens with one attached hydrogen (secondary N) is 1. The van der Waals surface area contributed by atoms with E-state index in [2.05, 4.69) is 50.2 Å². The van der Waals surface area contributed by atoms with E-state index in [1.165, 1.54) is 17.5 Å². The van der Waals surface area contributed by atoms with Crippen molar-refractivity contribution >= 4 is 21.7 Å². The van der Waals surface area contributed by atoms with E-state index in [0.29, 0.717) is 5.92 Å². The highest BCUT2D eigenvalue weighted by Gasteiger charge is 2.24. The van der Waals surface area contributed by atoms with Crippen molar-refractivity contribution in [2.75, 3.05) is 39.2 Å². The van der Waals surface area contributed by atoms with Gasteiger partial charge in [0.05, 0.1) is 18.7 Å². The SMILES string of the molecule is COc1ccc(CN2CCC(CNc3cc(C)ccn3)C2)c(Br)c1OC. The molecule has 1 fully saturated rings. The number of benzene rings is 1. The van der Waals surface area contributed by atoms with Gasteiger partial charge >= 0.3 is 0 Å². The highest BCUT2D eigenvalue weighted by molar-refractivity contribution is 9.10. The van der Waals surface area contributed by atoms with Crippen LogP contribution in [0.5, 0.6) is 11.5 Å². The molecule has 3 rings (SSSR count). The normalized spacial score (nSPS) is 17.3. The molecule has 1 unspecified atom stereocenters. The summed E-state index contributed by atoms with van der Waals surface area (Å²) in [7, 11) is 3.33. The molecule has 1 aliphatic rings. The number of methoxy groups -OCH3 is 2. The summed E-state index contributed by atoms with van der Waals surface area (Å²) in [5, 5.41) is 3.47. The third-order valence-electron chi connectivity index (χ3n) is 4.82. The van der Waals surface area contributed by atoms with Crippen molar-refractivity contribution in [2.45, 2.75) is 19.9 Å². The van der Waals surface area contributed by atoms with Crippen molar-refractivity contribution in [3.8, 4) is 11.5 Å². The molecule has 1 aromatic carbocycles. The van der Waals surface area contributed by atoms with Gasteiger partial charge in [0, 0.05) is 25.8 Å². The molecule has 1 aliphatic heterocycles. The summed E-state index contributed by atoms with van der Waals surface area (Å²) in [6, 6.07) is 8.18. The van der Waals surface area contributed by atoms with Crippen LogP contribution in [-0.2, 0) is 6.54 Å². The monoisotopic (exact) mass is 419 g/mol. The van der Waals surface area contributed by atoms with Gasteiger partial charge in [-0.05, 0) is 71.1 Å². The lowest BCUT2D eigenvalue weighted by molar-refractivity contribution is 0.315. The summed E-state index contributed by atoms with van der Waals surface area (Å²) in [6.07, 6.45) is 3.05. The van der Waals surface area contributed by atoms with E-state index < -0.39 is 0 Å². The number of anilines is 1. The third kappa shape index (κ3) is 4.48. The maximum Gasteiger partial charge on any atom is 0.175 e. The first kappa shape index (κ1) is 19.0. The third-order valence-corrected chi connectivity index (χ3v) is 5.69. The fraction of sp³-hybridized carbons (Fsp3) is 0.450. The van der Waals surface area contributed by atoms with Crippen molar-refractivity contribution in [3.05, 3.63) is 46.1 Å². The molecule has 1 N–H and O–H groups in total. The summed E-state index contributed by atoms with van der Waals surface area (Å²) in [5.41, 5.74) is 2.45. The number of likely N-dealkylation sites (tertiary alicyclic amines) is 1. The van der Waals surface area contributed by atoms with E-state index in [1.807, 2.05) is 18.3 Å². The van der Waals surface area contributed by atoms with Crippen molar-refractivity contribution in [2.24, 2.45) is 5.92 Å². The van der Waals surface area contributed by atoms with Crippen LogP contribution in [0.1, 0.15) is 17.5 Å². The van der Waals surface area contributed by atoms with E-state index in [9.17, 15) is 0 Å². The van der Waals surface area contributed by atoms with E-state index in [1.54, 1.807) is 14.2 Å². The van der Waals surface area contributed by atoms with Crippen LogP contribution in [0.25, 0.3) is 0 Å². The molecular formula is C20H26BrN3O2. The lowest BCUT2D eigenvalue weighted by Gasteiger charge is -2.19. The zero-order chi connectivity index (χ0) is 18.5. The number of hydrogen-bond acceptors (Lipinski definition) is 5. The zero-order valence-corrected chi connectivity index (χ0v) is 17.2. The van der Waals surface area contributed by atoms with Crippen LogP contribution in [0, 0.1) is 12.8 Å². The first-order chi connectivity index (χ1) is 12.6. The van der Waals surface area contributed by atoms with Crippen LogP contribution in [-0.4, -0.2) is 43.7 Å². The second-order valence-electron chi connectivity index (χ2n) is 6.76. The molecule has 0 aliphatic carbocycles. The van der Waals surface area contributed by atoms with Crippen LogP contribution in [0.3, 0.4) is 0 Å². The average Bonchev–Trinajstić information content (AvgIpc) is 3.09. The smallest absolute Gasteiger partial charge is 0.175 e. The summed E-state index contributed by atoms with van der Waals surface area (Å²) in [5.74, 6) is 3.10. The minimum atomic E-state index is 0.635. The Morgan fingerprint density at radius 3 is 2.85 bits per heavy atom. The minimum Gasteiger partial charge on any atom is -0.493 e. The second kappa shape index (κ2) is 8.73. The molecule has 0 bridgehead atoms. The highest BCUT2D eigenvalue weighted by Crippen LogP contribution is 2.38. The van der Waals surface area contributed by atoms with Crippen LogP contribution in [0.2, 0.25) is 0 Å². The first-order valence-electron chi connectivity index (χ1n) is 8.89. The van der Waals surface area contributed by atoms with Gasteiger partial charge < -0.3 is 14.8 Å². The Morgan fingerprint density at radius 1 is 1.27 bits per heavy atom. The summed E-state index contributed by atoms with van der Waals surface area (Å²) < 4.78 is 11.8. The number of halogens is 1. The van der Waals surface area contributed by atoms with Gasteiger partial charge in [-0.3, -0.25) is 4.90 Å². The predicted molar refractivity (Wildman–Crippen MR) is 108 cm³/mol. The molecule has 0 spiro atoms. The van der Waals surface area contributed by atoms with Gasteiger partial charge in [0.25, 0.3) is 0 Å². The van der Waals surface area contributed by atoms with Gasteiger partial charge in [0.15, 0.2) is 11.5 Å². The number of ether oxygens (including phenoxy) is 2. The lowest BCUT2D eigenvalue weighted by Crippen LogP contribution is -2.23. The van der Waals surface area contributed by atoms with E-state index in [-0.39, 0.29) is 0 Å². The molecule has 2 heterocycles. The Morgan fingerprint density at radius 2 is 2.12 bits per heavy atom. The average molecular weight is 420 g/mol.